The highest BCUT2D eigenvalue weighted by Crippen LogP contribution is 2.23. The zero-order valence-corrected chi connectivity index (χ0v) is 16.8. The van der Waals surface area contributed by atoms with E-state index >= 15 is 0 Å². The molecular weight excluding hydrogens is 352 g/mol. The highest BCUT2D eigenvalue weighted by Gasteiger charge is 2.22. The number of hydrogen-bond donors (Lipinski definition) is 2. The number of aromatic nitrogens is 3. The molecule has 2 aromatic rings. The van der Waals surface area contributed by atoms with Gasteiger partial charge in [0.1, 0.15) is 18.4 Å². The second-order valence-corrected chi connectivity index (χ2v) is 6.98. The minimum Gasteiger partial charge on any atom is -0.368 e. The fraction of sp³-hybridized carbons (Fsp3) is 0.500. The fourth-order valence-corrected chi connectivity index (χ4v) is 3.41. The van der Waals surface area contributed by atoms with Gasteiger partial charge in [-0.05, 0) is 38.8 Å². The van der Waals surface area contributed by atoms with E-state index < -0.39 is 0 Å². The van der Waals surface area contributed by atoms with Crippen molar-refractivity contribution >= 4 is 11.6 Å². The van der Waals surface area contributed by atoms with Crippen LogP contribution in [0.2, 0.25) is 0 Å². The Balaban J connectivity index is 1.68. The van der Waals surface area contributed by atoms with E-state index in [0.29, 0.717) is 6.54 Å². The molecule has 0 spiro atoms. The van der Waals surface area contributed by atoms with Crippen molar-refractivity contribution in [2.75, 3.05) is 24.5 Å². The largest absolute Gasteiger partial charge is 0.368 e. The summed E-state index contributed by atoms with van der Waals surface area (Å²) in [6.07, 6.45) is 2.14. The van der Waals surface area contributed by atoms with E-state index in [0.717, 1.165) is 61.3 Å². The summed E-state index contributed by atoms with van der Waals surface area (Å²) in [5.74, 6) is 2.49. The predicted octanol–water partition coefficient (Wildman–Crippen LogP) is 1.72. The van der Waals surface area contributed by atoms with E-state index in [9.17, 15) is 5.26 Å². The first-order chi connectivity index (χ1) is 13.6. The van der Waals surface area contributed by atoms with Gasteiger partial charge >= 0.3 is 0 Å². The second kappa shape index (κ2) is 9.22. The Hall–Kier alpha value is -3.08. The minimum absolute atomic E-state index is 0.263. The van der Waals surface area contributed by atoms with Crippen molar-refractivity contribution in [1.29, 1.82) is 5.26 Å². The van der Waals surface area contributed by atoms with Gasteiger partial charge in [-0.3, -0.25) is 0 Å². The number of benzene rings is 1. The summed E-state index contributed by atoms with van der Waals surface area (Å²) in [5.41, 5.74) is 1.73. The molecule has 1 aliphatic heterocycles. The fourth-order valence-electron chi connectivity index (χ4n) is 3.41. The second-order valence-electron chi connectivity index (χ2n) is 6.98. The van der Waals surface area contributed by atoms with Crippen molar-refractivity contribution in [3.8, 4) is 6.07 Å². The Kier molecular flexibility index (Phi) is 6.48. The maximum absolute atomic E-state index is 9.40. The van der Waals surface area contributed by atoms with Crippen LogP contribution in [-0.2, 0) is 13.6 Å². The lowest BCUT2D eigenvalue weighted by Crippen LogP contribution is -2.51. The van der Waals surface area contributed by atoms with Crippen LogP contribution >= 0.6 is 0 Å². The van der Waals surface area contributed by atoms with Crippen LogP contribution in [0.25, 0.3) is 0 Å². The third-order valence-corrected chi connectivity index (χ3v) is 5.03. The van der Waals surface area contributed by atoms with Gasteiger partial charge < -0.3 is 20.1 Å². The van der Waals surface area contributed by atoms with E-state index in [-0.39, 0.29) is 6.04 Å². The molecule has 1 aromatic carbocycles. The number of para-hydroxylation sites is 1. The van der Waals surface area contributed by atoms with E-state index in [1.807, 2.05) is 42.8 Å². The highest BCUT2D eigenvalue weighted by atomic mass is 15.3. The highest BCUT2D eigenvalue weighted by molar-refractivity contribution is 5.80. The molecule has 8 nitrogen and oxygen atoms in total. The quantitative estimate of drug-likeness (QED) is 0.606. The van der Waals surface area contributed by atoms with Gasteiger partial charge in [0.05, 0.1) is 11.3 Å². The van der Waals surface area contributed by atoms with E-state index in [1.165, 1.54) is 0 Å². The standard InChI is InChI=1S/C20H28N8/c1-4-22-20(23-13-19-26-25-15(2)27(19)3)24-17-9-7-11-28(14-17)18-10-6-5-8-16(18)12-21/h5-6,8,10,17H,4,7,9,11,13-14H2,1-3H3,(H2,22,23,24). The zero-order chi connectivity index (χ0) is 19.9. The van der Waals surface area contributed by atoms with Crippen LogP contribution in [0, 0.1) is 18.3 Å². The van der Waals surface area contributed by atoms with Crippen LogP contribution < -0.4 is 15.5 Å². The minimum atomic E-state index is 0.263. The summed E-state index contributed by atoms with van der Waals surface area (Å²) in [4.78, 5) is 6.97. The molecule has 0 saturated carbocycles. The molecule has 8 heteroatoms. The lowest BCUT2D eigenvalue weighted by molar-refractivity contribution is 0.467. The van der Waals surface area contributed by atoms with Gasteiger partial charge in [0.25, 0.3) is 0 Å². The molecule has 1 aliphatic rings. The van der Waals surface area contributed by atoms with E-state index in [2.05, 4.69) is 43.7 Å². The maximum Gasteiger partial charge on any atom is 0.191 e. The number of piperidine rings is 1. The first-order valence-corrected chi connectivity index (χ1v) is 9.76. The molecule has 28 heavy (non-hydrogen) atoms. The number of aliphatic imine (C=N–C) groups is 1. The van der Waals surface area contributed by atoms with Crippen molar-refractivity contribution in [3.05, 3.63) is 41.5 Å². The van der Waals surface area contributed by atoms with E-state index in [1.54, 1.807) is 0 Å². The molecular formula is C20H28N8. The predicted molar refractivity (Wildman–Crippen MR) is 110 cm³/mol. The van der Waals surface area contributed by atoms with Crippen LogP contribution in [0.3, 0.4) is 0 Å². The van der Waals surface area contributed by atoms with Gasteiger partial charge in [-0.1, -0.05) is 12.1 Å². The van der Waals surface area contributed by atoms with Crippen LogP contribution in [0.5, 0.6) is 0 Å². The van der Waals surface area contributed by atoms with Gasteiger partial charge in [-0.15, -0.1) is 10.2 Å². The average Bonchev–Trinajstić information content (AvgIpc) is 3.04. The first kappa shape index (κ1) is 19.7. The number of hydrogen-bond acceptors (Lipinski definition) is 5. The molecule has 1 unspecified atom stereocenters. The molecule has 0 bridgehead atoms. The van der Waals surface area contributed by atoms with Gasteiger partial charge in [-0.25, -0.2) is 4.99 Å². The molecule has 2 N–H and O–H groups in total. The summed E-state index contributed by atoms with van der Waals surface area (Å²) in [7, 11) is 1.95. The van der Waals surface area contributed by atoms with Crippen LogP contribution in [0.15, 0.2) is 29.3 Å². The number of nitrogens with one attached hydrogen (secondary N) is 2. The molecule has 1 atom stereocenters. The number of aryl methyl sites for hydroxylation is 1. The molecule has 1 aromatic heterocycles. The molecule has 1 fully saturated rings. The lowest BCUT2D eigenvalue weighted by atomic mass is 10.0. The van der Waals surface area contributed by atoms with Crippen molar-refractivity contribution in [3.63, 3.8) is 0 Å². The summed E-state index contributed by atoms with van der Waals surface area (Å²) in [6, 6.07) is 10.4. The third-order valence-electron chi connectivity index (χ3n) is 5.03. The SMILES string of the molecule is CCNC(=NCc1nnc(C)n1C)NC1CCCN(c2ccccc2C#N)C1. The molecule has 148 valence electrons. The van der Waals surface area contributed by atoms with Gasteiger partial charge in [0.15, 0.2) is 11.8 Å². The maximum atomic E-state index is 9.40. The van der Waals surface area contributed by atoms with Gasteiger partial charge in [0.2, 0.25) is 0 Å². The Morgan fingerprint density at radius 3 is 2.89 bits per heavy atom. The molecule has 1 saturated heterocycles. The first-order valence-electron chi connectivity index (χ1n) is 9.76. The number of nitriles is 1. The molecule has 0 radical (unpaired) electrons. The number of guanidine groups is 1. The summed E-state index contributed by atoms with van der Waals surface area (Å²) in [5, 5.41) is 24.5. The van der Waals surface area contributed by atoms with Crippen molar-refractivity contribution in [1.82, 2.24) is 25.4 Å². The topological polar surface area (TPSA) is 94.2 Å². The van der Waals surface area contributed by atoms with Crippen molar-refractivity contribution in [2.24, 2.45) is 12.0 Å². The number of anilines is 1. The van der Waals surface area contributed by atoms with Crippen LogP contribution in [-0.4, -0.2) is 46.4 Å². The average molecular weight is 381 g/mol. The van der Waals surface area contributed by atoms with Crippen LogP contribution in [0.1, 0.15) is 37.0 Å². The molecule has 3 rings (SSSR count). The number of rotatable bonds is 5. The normalized spacial score (nSPS) is 17.3. The van der Waals surface area contributed by atoms with Crippen LogP contribution in [0.4, 0.5) is 5.69 Å². The molecule has 0 aliphatic carbocycles. The Morgan fingerprint density at radius 1 is 1.36 bits per heavy atom. The van der Waals surface area contributed by atoms with Gasteiger partial charge in [-0.2, -0.15) is 5.26 Å². The number of nitrogens with zero attached hydrogens (tertiary/aromatic N) is 6. The molecule has 0 amide bonds. The molecule has 2 heterocycles. The smallest absolute Gasteiger partial charge is 0.191 e. The van der Waals surface area contributed by atoms with Gasteiger partial charge in [0, 0.05) is 32.7 Å². The lowest BCUT2D eigenvalue weighted by Gasteiger charge is -2.35. The van der Waals surface area contributed by atoms with Crippen molar-refractivity contribution < 1.29 is 0 Å². The van der Waals surface area contributed by atoms with E-state index in [4.69, 9.17) is 0 Å². The zero-order valence-electron chi connectivity index (χ0n) is 16.8. The summed E-state index contributed by atoms with van der Waals surface area (Å²) in [6.45, 7) is 7.05. The monoisotopic (exact) mass is 380 g/mol. The Morgan fingerprint density at radius 2 is 2.18 bits per heavy atom. The van der Waals surface area contributed by atoms with Crippen molar-refractivity contribution in [2.45, 2.75) is 39.3 Å². The third kappa shape index (κ3) is 4.60. The Bertz CT molecular complexity index is 863. The Labute approximate surface area is 166 Å². The summed E-state index contributed by atoms with van der Waals surface area (Å²) < 4.78 is 1.95. The summed E-state index contributed by atoms with van der Waals surface area (Å²) >= 11 is 0.